The lowest BCUT2D eigenvalue weighted by atomic mass is 9.69. The Balaban J connectivity index is 1.95. The Morgan fingerprint density at radius 1 is 1.24 bits per heavy atom. The molecule has 1 nitrogen and oxygen atoms in total. The molecular weight excluding hydrogens is 287 g/mol. The first-order valence-electron chi connectivity index (χ1n) is 7.74. The van der Waals surface area contributed by atoms with Crippen molar-refractivity contribution in [1.29, 1.82) is 0 Å². The molecule has 116 valence electrons. The minimum atomic E-state index is -0.446. The average Bonchev–Trinajstić information content (AvgIpc) is 2.43. The zero-order chi connectivity index (χ0) is 15.6. The molecule has 0 N–H and O–H groups in total. The highest BCUT2D eigenvalue weighted by Gasteiger charge is 2.32. The fraction of sp³-hybridized carbons (Fsp3) is 0.611. The van der Waals surface area contributed by atoms with Crippen LogP contribution in [0, 0.1) is 23.1 Å². The highest BCUT2D eigenvalue weighted by atomic mass is 35.5. The number of halogens is 2. The van der Waals surface area contributed by atoms with Gasteiger partial charge in [0, 0.05) is 12.3 Å². The molecule has 1 aliphatic rings. The lowest BCUT2D eigenvalue weighted by Crippen LogP contribution is -2.29. The quantitative estimate of drug-likeness (QED) is 0.726. The van der Waals surface area contributed by atoms with Crippen LogP contribution in [-0.4, -0.2) is 5.78 Å². The van der Waals surface area contributed by atoms with E-state index < -0.39 is 5.82 Å². The Kier molecular flexibility index (Phi) is 5.08. The van der Waals surface area contributed by atoms with Crippen LogP contribution in [-0.2, 0) is 11.2 Å². The maximum Gasteiger partial charge on any atom is 0.142 e. The summed E-state index contributed by atoms with van der Waals surface area (Å²) in [6.07, 6.45) is 4.37. The first kappa shape index (κ1) is 16.5. The Hall–Kier alpha value is -0.890. The smallest absolute Gasteiger partial charge is 0.142 e. The van der Waals surface area contributed by atoms with Crippen molar-refractivity contribution in [2.75, 3.05) is 0 Å². The molecule has 21 heavy (non-hydrogen) atoms. The highest BCUT2D eigenvalue weighted by molar-refractivity contribution is 6.31. The van der Waals surface area contributed by atoms with Crippen LogP contribution in [0.4, 0.5) is 4.39 Å². The van der Waals surface area contributed by atoms with Gasteiger partial charge in [-0.25, -0.2) is 4.39 Å². The van der Waals surface area contributed by atoms with Crippen molar-refractivity contribution in [3.8, 4) is 0 Å². The first-order chi connectivity index (χ1) is 9.79. The van der Waals surface area contributed by atoms with Crippen LogP contribution in [0.1, 0.15) is 52.0 Å². The van der Waals surface area contributed by atoms with E-state index in [1.165, 1.54) is 6.07 Å². The second kappa shape index (κ2) is 6.48. The monoisotopic (exact) mass is 310 g/mol. The van der Waals surface area contributed by atoms with Crippen molar-refractivity contribution < 1.29 is 9.18 Å². The minimum absolute atomic E-state index is 0.0919. The predicted octanol–water partition coefficient (Wildman–Crippen LogP) is 5.44. The molecule has 0 spiro atoms. The van der Waals surface area contributed by atoms with Gasteiger partial charge in [-0.05, 0) is 48.6 Å². The number of carbonyl (C=O) groups excluding carboxylic acids is 1. The van der Waals surface area contributed by atoms with Gasteiger partial charge in [0.2, 0.25) is 0 Å². The fourth-order valence-electron chi connectivity index (χ4n) is 3.30. The van der Waals surface area contributed by atoms with E-state index in [0.717, 1.165) is 25.7 Å². The van der Waals surface area contributed by atoms with Crippen LogP contribution in [0.25, 0.3) is 0 Å². The number of hydrogen-bond donors (Lipinski definition) is 0. The van der Waals surface area contributed by atoms with Gasteiger partial charge in [-0.2, -0.15) is 0 Å². The van der Waals surface area contributed by atoms with Crippen LogP contribution in [0.3, 0.4) is 0 Å². The van der Waals surface area contributed by atoms with E-state index >= 15 is 0 Å². The van der Waals surface area contributed by atoms with Crippen molar-refractivity contribution in [3.63, 3.8) is 0 Å². The lowest BCUT2D eigenvalue weighted by Gasteiger charge is -2.36. The Bertz CT molecular complexity index is 510. The third-order valence-electron chi connectivity index (χ3n) is 4.80. The van der Waals surface area contributed by atoms with E-state index in [-0.39, 0.29) is 23.1 Å². The molecule has 1 aromatic rings. The van der Waals surface area contributed by atoms with Crippen molar-refractivity contribution in [2.45, 2.75) is 52.9 Å². The number of carbonyl (C=O) groups is 1. The maximum atomic E-state index is 13.4. The number of benzene rings is 1. The van der Waals surface area contributed by atoms with Gasteiger partial charge in [0.05, 0.1) is 5.02 Å². The van der Waals surface area contributed by atoms with E-state index in [2.05, 4.69) is 20.8 Å². The summed E-state index contributed by atoms with van der Waals surface area (Å²) >= 11 is 5.93. The van der Waals surface area contributed by atoms with Gasteiger partial charge in [-0.3, -0.25) is 4.79 Å². The molecule has 3 heteroatoms. The van der Waals surface area contributed by atoms with E-state index in [9.17, 15) is 9.18 Å². The number of hydrogen-bond acceptors (Lipinski definition) is 1. The Morgan fingerprint density at radius 2 is 1.86 bits per heavy atom. The zero-order valence-corrected chi connectivity index (χ0v) is 13.8. The third kappa shape index (κ3) is 4.06. The fourth-order valence-corrected chi connectivity index (χ4v) is 3.49. The molecule has 0 bridgehead atoms. The van der Waals surface area contributed by atoms with Crippen LogP contribution < -0.4 is 0 Å². The van der Waals surface area contributed by atoms with Gasteiger partial charge >= 0.3 is 0 Å². The predicted molar refractivity (Wildman–Crippen MR) is 85.0 cm³/mol. The standard InChI is InChI=1S/C18H24ClFO/c1-18(2,3)14-9-7-12(8-10-14)16(21)11-13-5-4-6-15(20)17(13)19/h4-6,12,14H,7-11H2,1-3H3. The van der Waals surface area contributed by atoms with Gasteiger partial charge in [0.1, 0.15) is 11.6 Å². The maximum absolute atomic E-state index is 13.4. The first-order valence-corrected chi connectivity index (χ1v) is 8.12. The van der Waals surface area contributed by atoms with Crippen molar-refractivity contribution >= 4 is 17.4 Å². The average molecular weight is 311 g/mol. The summed E-state index contributed by atoms with van der Waals surface area (Å²) in [4.78, 5) is 12.4. The summed E-state index contributed by atoms with van der Waals surface area (Å²) in [6.45, 7) is 6.81. The molecule has 0 heterocycles. The van der Waals surface area contributed by atoms with Crippen molar-refractivity contribution in [3.05, 3.63) is 34.6 Å². The molecular formula is C18H24ClFO. The Morgan fingerprint density at radius 3 is 2.43 bits per heavy atom. The second-order valence-electron chi connectivity index (χ2n) is 7.27. The molecule has 1 saturated carbocycles. The molecule has 0 amide bonds. The molecule has 1 aliphatic carbocycles. The normalized spacial score (nSPS) is 23.1. The van der Waals surface area contributed by atoms with Crippen LogP contribution >= 0.6 is 11.6 Å². The van der Waals surface area contributed by atoms with Crippen molar-refractivity contribution in [2.24, 2.45) is 17.3 Å². The molecule has 0 aliphatic heterocycles. The molecule has 0 saturated heterocycles. The summed E-state index contributed by atoms with van der Waals surface area (Å²) in [6, 6.07) is 4.68. The van der Waals surface area contributed by atoms with E-state index in [4.69, 9.17) is 11.6 Å². The number of Topliss-reactive ketones (excluding diaryl/α,β-unsaturated/α-hetero) is 1. The van der Waals surface area contributed by atoms with E-state index in [1.807, 2.05) is 0 Å². The molecule has 0 aromatic heterocycles. The summed E-state index contributed by atoms with van der Waals surface area (Å²) < 4.78 is 13.4. The molecule has 0 radical (unpaired) electrons. The largest absolute Gasteiger partial charge is 0.299 e. The van der Waals surface area contributed by atoms with Crippen molar-refractivity contribution in [1.82, 2.24) is 0 Å². The molecule has 1 fully saturated rings. The van der Waals surface area contributed by atoms with Gasteiger partial charge in [-0.1, -0.05) is 44.5 Å². The van der Waals surface area contributed by atoms with Gasteiger partial charge in [0.25, 0.3) is 0 Å². The molecule has 2 rings (SSSR count). The number of ketones is 1. The zero-order valence-electron chi connectivity index (χ0n) is 13.1. The van der Waals surface area contributed by atoms with E-state index in [0.29, 0.717) is 16.9 Å². The van der Waals surface area contributed by atoms with E-state index in [1.54, 1.807) is 12.1 Å². The SMILES string of the molecule is CC(C)(C)C1CCC(C(=O)Cc2cccc(F)c2Cl)CC1. The highest BCUT2D eigenvalue weighted by Crippen LogP contribution is 2.40. The summed E-state index contributed by atoms with van der Waals surface area (Å²) in [5.74, 6) is 0.565. The summed E-state index contributed by atoms with van der Waals surface area (Å²) in [7, 11) is 0. The Labute approximate surface area is 131 Å². The van der Waals surface area contributed by atoms with Crippen LogP contribution in [0.5, 0.6) is 0 Å². The minimum Gasteiger partial charge on any atom is -0.299 e. The number of rotatable bonds is 3. The topological polar surface area (TPSA) is 17.1 Å². The van der Waals surface area contributed by atoms with Gasteiger partial charge < -0.3 is 0 Å². The third-order valence-corrected chi connectivity index (χ3v) is 5.23. The van der Waals surface area contributed by atoms with Gasteiger partial charge in [-0.15, -0.1) is 0 Å². The molecule has 1 aromatic carbocycles. The summed E-state index contributed by atoms with van der Waals surface area (Å²) in [5, 5.41) is 0.0919. The molecule has 0 atom stereocenters. The second-order valence-corrected chi connectivity index (χ2v) is 7.65. The summed E-state index contributed by atoms with van der Waals surface area (Å²) in [5.41, 5.74) is 0.930. The van der Waals surface area contributed by atoms with Crippen LogP contribution in [0.15, 0.2) is 18.2 Å². The van der Waals surface area contributed by atoms with Gasteiger partial charge in [0.15, 0.2) is 0 Å². The molecule has 0 unspecified atom stereocenters. The van der Waals surface area contributed by atoms with Crippen LogP contribution in [0.2, 0.25) is 5.02 Å². The lowest BCUT2D eigenvalue weighted by molar-refractivity contribution is -0.123.